The Balaban J connectivity index is 1.87. The van der Waals surface area contributed by atoms with Crippen molar-refractivity contribution >= 4 is 11.6 Å². The van der Waals surface area contributed by atoms with Crippen molar-refractivity contribution in [3.8, 4) is 34.3 Å². The zero-order valence-corrected chi connectivity index (χ0v) is 17.7. The van der Waals surface area contributed by atoms with Crippen LogP contribution in [0.5, 0.6) is 23.0 Å². The summed E-state index contributed by atoms with van der Waals surface area (Å²) in [6.07, 6.45) is 0. The number of anilines is 1. The van der Waals surface area contributed by atoms with Gasteiger partial charge in [-0.2, -0.15) is 5.10 Å². The van der Waals surface area contributed by atoms with E-state index in [1.165, 1.54) is 27.4 Å². The molecule has 3 aromatic rings. The van der Waals surface area contributed by atoms with Crippen molar-refractivity contribution in [2.24, 2.45) is 0 Å². The summed E-state index contributed by atoms with van der Waals surface area (Å²) in [5.74, 6) is 1.76. The fourth-order valence-electron chi connectivity index (χ4n) is 2.95. The van der Waals surface area contributed by atoms with Gasteiger partial charge in [0.05, 0.1) is 39.8 Å². The predicted octanol–water partition coefficient (Wildman–Crippen LogP) is 2.58. The van der Waals surface area contributed by atoms with E-state index in [9.17, 15) is 9.59 Å². The maximum Gasteiger partial charge on any atom is 0.267 e. The Morgan fingerprint density at radius 2 is 1.55 bits per heavy atom. The van der Waals surface area contributed by atoms with Gasteiger partial charge in [0.15, 0.2) is 0 Å². The van der Waals surface area contributed by atoms with Gasteiger partial charge in [-0.15, -0.1) is 0 Å². The van der Waals surface area contributed by atoms with Crippen LogP contribution in [-0.4, -0.2) is 44.1 Å². The quantitative estimate of drug-likeness (QED) is 0.592. The molecule has 0 atom stereocenters. The highest BCUT2D eigenvalue weighted by atomic mass is 16.5. The molecular formula is C22H23N3O6. The minimum Gasteiger partial charge on any atom is -0.497 e. The lowest BCUT2D eigenvalue weighted by Crippen LogP contribution is -2.29. The number of amides is 1. The molecule has 31 heavy (non-hydrogen) atoms. The molecule has 0 saturated carbocycles. The van der Waals surface area contributed by atoms with Crippen LogP contribution in [0.1, 0.15) is 0 Å². The van der Waals surface area contributed by atoms with E-state index >= 15 is 0 Å². The summed E-state index contributed by atoms with van der Waals surface area (Å²) < 4.78 is 22.2. The SMILES string of the molecule is COc1ccc(NC(=O)Cn2nc(-c3cc(OC)ccc3OC)ccc2=O)c(OC)c1. The van der Waals surface area contributed by atoms with Gasteiger partial charge in [-0.1, -0.05) is 0 Å². The third-order valence-corrected chi connectivity index (χ3v) is 4.53. The molecule has 1 N–H and O–H groups in total. The summed E-state index contributed by atoms with van der Waals surface area (Å²) in [5.41, 5.74) is 1.13. The van der Waals surface area contributed by atoms with Crippen LogP contribution < -0.4 is 29.8 Å². The molecule has 0 spiro atoms. The summed E-state index contributed by atoms with van der Waals surface area (Å²) in [6, 6.07) is 13.2. The molecule has 0 unspecified atom stereocenters. The van der Waals surface area contributed by atoms with E-state index in [0.29, 0.717) is 39.9 Å². The number of nitrogens with zero attached hydrogens (tertiary/aromatic N) is 2. The maximum absolute atomic E-state index is 12.6. The Kier molecular flexibility index (Phi) is 6.76. The third kappa shape index (κ3) is 4.95. The van der Waals surface area contributed by atoms with Gasteiger partial charge < -0.3 is 24.3 Å². The van der Waals surface area contributed by atoms with Gasteiger partial charge in [0.25, 0.3) is 5.56 Å². The molecule has 0 bridgehead atoms. The van der Waals surface area contributed by atoms with Crippen LogP contribution >= 0.6 is 0 Å². The molecule has 0 radical (unpaired) electrons. The molecule has 0 aliphatic heterocycles. The van der Waals surface area contributed by atoms with Crippen molar-refractivity contribution in [2.45, 2.75) is 6.54 Å². The standard InChI is InChI=1S/C22H23N3O6/c1-28-14-6-9-19(30-3)16(11-14)17-8-10-22(27)25(24-17)13-21(26)23-18-7-5-15(29-2)12-20(18)31-4/h5-12H,13H2,1-4H3,(H,23,26). The number of carbonyl (C=O) groups is 1. The molecule has 0 saturated heterocycles. The number of hydrogen-bond donors (Lipinski definition) is 1. The second-order valence-corrected chi connectivity index (χ2v) is 6.40. The van der Waals surface area contributed by atoms with Crippen LogP contribution in [0.2, 0.25) is 0 Å². The van der Waals surface area contributed by atoms with Crippen molar-refractivity contribution in [3.05, 3.63) is 58.9 Å². The molecule has 1 heterocycles. The number of hydrogen-bond acceptors (Lipinski definition) is 7. The normalized spacial score (nSPS) is 10.3. The molecule has 0 aliphatic carbocycles. The van der Waals surface area contributed by atoms with Gasteiger partial charge >= 0.3 is 0 Å². The van der Waals surface area contributed by atoms with E-state index in [0.717, 1.165) is 4.68 Å². The molecule has 3 rings (SSSR count). The van der Waals surface area contributed by atoms with Crippen LogP contribution in [0.3, 0.4) is 0 Å². The highest BCUT2D eigenvalue weighted by molar-refractivity contribution is 5.92. The summed E-state index contributed by atoms with van der Waals surface area (Å²) >= 11 is 0. The molecule has 1 aromatic heterocycles. The van der Waals surface area contributed by atoms with E-state index in [1.54, 1.807) is 49.6 Å². The van der Waals surface area contributed by atoms with Gasteiger partial charge in [-0.25, -0.2) is 4.68 Å². The molecule has 2 aromatic carbocycles. The molecule has 0 aliphatic rings. The van der Waals surface area contributed by atoms with Crippen LogP contribution in [0.25, 0.3) is 11.3 Å². The minimum absolute atomic E-state index is 0.284. The van der Waals surface area contributed by atoms with Crippen molar-refractivity contribution in [1.82, 2.24) is 9.78 Å². The fourth-order valence-corrected chi connectivity index (χ4v) is 2.95. The predicted molar refractivity (Wildman–Crippen MR) is 115 cm³/mol. The number of nitrogens with one attached hydrogen (secondary N) is 1. The lowest BCUT2D eigenvalue weighted by Gasteiger charge is -2.13. The lowest BCUT2D eigenvalue weighted by molar-refractivity contribution is -0.117. The molecule has 162 valence electrons. The Morgan fingerprint density at radius 3 is 2.23 bits per heavy atom. The average molecular weight is 425 g/mol. The van der Waals surface area contributed by atoms with E-state index in [2.05, 4.69) is 10.4 Å². The molecule has 9 heteroatoms. The topological polar surface area (TPSA) is 101 Å². The van der Waals surface area contributed by atoms with Gasteiger partial charge in [-0.3, -0.25) is 9.59 Å². The highest BCUT2D eigenvalue weighted by Crippen LogP contribution is 2.32. The van der Waals surface area contributed by atoms with Gasteiger partial charge in [0.1, 0.15) is 29.5 Å². The van der Waals surface area contributed by atoms with Gasteiger partial charge in [0.2, 0.25) is 5.91 Å². The number of ether oxygens (including phenoxy) is 4. The molecule has 1 amide bonds. The van der Waals surface area contributed by atoms with Crippen molar-refractivity contribution in [3.63, 3.8) is 0 Å². The second kappa shape index (κ2) is 9.66. The largest absolute Gasteiger partial charge is 0.497 e. The van der Waals surface area contributed by atoms with E-state index < -0.39 is 11.5 Å². The Bertz CT molecular complexity index is 1140. The summed E-state index contributed by atoms with van der Waals surface area (Å²) in [4.78, 5) is 24.9. The highest BCUT2D eigenvalue weighted by Gasteiger charge is 2.14. The number of benzene rings is 2. The van der Waals surface area contributed by atoms with Gasteiger partial charge in [0, 0.05) is 17.7 Å². The summed E-state index contributed by atoms with van der Waals surface area (Å²) in [6.45, 7) is -0.284. The zero-order valence-electron chi connectivity index (χ0n) is 17.7. The van der Waals surface area contributed by atoms with Crippen LogP contribution in [-0.2, 0) is 11.3 Å². The minimum atomic E-state index is -0.437. The van der Waals surface area contributed by atoms with E-state index in [1.807, 2.05) is 0 Å². The Hall–Kier alpha value is -4.01. The number of rotatable bonds is 8. The fraction of sp³-hybridized carbons (Fsp3) is 0.227. The van der Waals surface area contributed by atoms with Crippen LogP contribution in [0.4, 0.5) is 5.69 Å². The van der Waals surface area contributed by atoms with Crippen molar-refractivity contribution in [2.75, 3.05) is 33.8 Å². The van der Waals surface area contributed by atoms with Crippen LogP contribution in [0.15, 0.2) is 53.3 Å². The molecule has 0 fully saturated rings. The first-order chi connectivity index (χ1) is 15.0. The number of methoxy groups -OCH3 is 4. The van der Waals surface area contributed by atoms with Gasteiger partial charge in [-0.05, 0) is 36.4 Å². The molecule has 9 nitrogen and oxygen atoms in total. The second-order valence-electron chi connectivity index (χ2n) is 6.40. The van der Waals surface area contributed by atoms with E-state index in [4.69, 9.17) is 18.9 Å². The summed E-state index contributed by atoms with van der Waals surface area (Å²) in [7, 11) is 6.12. The molecular weight excluding hydrogens is 402 g/mol. The average Bonchev–Trinajstić information content (AvgIpc) is 2.80. The maximum atomic E-state index is 12.6. The first kappa shape index (κ1) is 21.7. The van der Waals surface area contributed by atoms with Crippen molar-refractivity contribution in [1.29, 1.82) is 0 Å². The summed E-state index contributed by atoms with van der Waals surface area (Å²) in [5, 5.41) is 7.06. The number of aromatic nitrogens is 2. The smallest absolute Gasteiger partial charge is 0.267 e. The lowest BCUT2D eigenvalue weighted by atomic mass is 10.1. The Morgan fingerprint density at radius 1 is 0.871 bits per heavy atom. The Labute approximate surface area is 179 Å². The third-order valence-electron chi connectivity index (χ3n) is 4.53. The van der Waals surface area contributed by atoms with Crippen molar-refractivity contribution < 1.29 is 23.7 Å². The first-order valence-corrected chi connectivity index (χ1v) is 9.31. The van der Waals surface area contributed by atoms with Crippen LogP contribution in [0, 0.1) is 0 Å². The first-order valence-electron chi connectivity index (χ1n) is 9.31. The monoisotopic (exact) mass is 425 g/mol. The zero-order chi connectivity index (χ0) is 22.4. The number of carbonyl (C=O) groups excluding carboxylic acids is 1. The van der Waals surface area contributed by atoms with E-state index in [-0.39, 0.29) is 6.54 Å².